The maximum absolute atomic E-state index is 12.7. The number of fused-ring (bicyclic) bond motifs is 1. The standard InChI is InChI=1S/C18H19N3O3S/c1-12-15-14(21(16(12)22)17-19-8-10-25-17)7-9-20(15)18(23)24-11-13-5-3-2-4-6-13/h2-6,8,10,12,14-15H,7,9,11H2,1H3/t12-,14-,15+/m0/s1. The van der Waals surface area contributed by atoms with Crippen molar-refractivity contribution in [2.45, 2.75) is 32.0 Å². The van der Waals surface area contributed by atoms with Gasteiger partial charge in [0.25, 0.3) is 0 Å². The van der Waals surface area contributed by atoms with Crippen LogP contribution >= 0.6 is 11.3 Å². The third-order valence-corrected chi connectivity index (χ3v) is 5.73. The third-order valence-electron chi connectivity index (χ3n) is 4.96. The second-order valence-electron chi connectivity index (χ2n) is 6.39. The number of ether oxygens (including phenoxy) is 1. The predicted octanol–water partition coefficient (Wildman–Crippen LogP) is 2.91. The number of rotatable bonds is 3. The van der Waals surface area contributed by atoms with Crippen LogP contribution in [-0.4, -0.2) is 40.5 Å². The lowest BCUT2D eigenvalue weighted by molar-refractivity contribution is -0.120. The Hall–Kier alpha value is -2.41. The highest BCUT2D eigenvalue weighted by Gasteiger charge is 2.54. The van der Waals surface area contributed by atoms with Gasteiger partial charge < -0.3 is 9.64 Å². The minimum absolute atomic E-state index is 0.0158. The summed E-state index contributed by atoms with van der Waals surface area (Å²) in [5.41, 5.74) is 0.951. The minimum atomic E-state index is -0.350. The van der Waals surface area contributed by atoms with E-state index in [2.05, 4.69) is 4.98 Å². The molecule has 6 nitrogen and oxygen atoms in total. The molecule has 2 aliphatic rings. The first-order valence-electron chi connectivity index (χ1n) is 8.36. The Bertz CT molecular complexity index is 765. The topological polar surface area (TPSA) is 62.7 Å². The molecule has 0 saturated carbocycles. The Morgan fingerprint density at radius 1 is 1.36 bits per heavy atom. The molecule has 1 aromatic heterocycles. The molecule has 2 amide bonds. The van der Waals surface area contributed by atoms with E-state index in [1.165, 1.54) is 11.3 Å². The first kappa shape index (κ1) is 16.1. The number of aromatic nitrogens is 1. The number of hydrogen-bond donors (Lipinski definition) is 0. The van der Waals surface area contributed by atoms with Crippen molar-refractivity contribution in [3.05, 3.63) is 47.5 Å². The summed E-state index contributed by atoms with van der Waals surface area (Å²) in [6.07, 6.45) is 2.10. The molecule has 3 heterocycles. The molecule has 2 fully saturated rings. The summed E-state index contributed by atoms with van der Waals surface area (Å²) in [5, 5.41) is 2.57. The van der Waals surface area contributed by atoms with Crippen molar-refractivity contribution in [1.82, 2.24) is 9.88 Å². The lowest BCUT2D eigenvalue weighted by atomic mass is 10.0. The highest BCUT2D eigenvalue weighted by molar-refractivity contribution is 7.13. The average molecular weight is 357 g/mol. The van der Waals surface area contributed by atoms with E-state index in [4.69, 9.17) is 4.74 Å². The fourth-order valence-electron chi connectivity index (χ4n) is 3.80. The zero-order valence-electron chi connectivity index (χ0n) is 13.9. The summed E-state index contributed by atoms with van der Waals surface area (Å²) in [5.74, 6) is -0.216. The number of amides is 2. The highest BCUT2D eigenvalue weighted by atomic mass is 32.1. The lowest BCUT2D eigenvalue weighted by Crippen LogP contribution is -2.42. The number of likely N-dealkylation sites (tertiary alicyclic amines) is 1. The van der Waals surface area contributed by atoms with Crippen molar-refractivity contribution in [2.24, 2.45) is 5.92 Å². The quantitative estimate of drug-likeness (QED) is 0.847. The summed E-state index contributed by atoms with van der Waals surface area (Å²) in [7, 11) is 0. The monoisotopic (exact) mass is 357 g/mol. The van der Waals surface area contributed by atoms with E-state index in [-0.39, 0.29) is 36.6 Å². The van der Waals surface area contributed by atoms with Gasteiger partial charge in [0.05, 0.1) is 18.0 Å². The normalized spacial score (nSPS) is 25.3. The van der Waals surface area contributed by atoms with Crippen LogP contribution in [0.15, 0.2) is 41.9 Å². The number of benzene rings is 1. The van der Waals surface area contributed by atoms with Gasteiger partial charge in [-0.3, -0.25) is 9.69 Å². The fourth-order valence-corrected chi connectivity index (χ4v) is 4.50. The van der Waals surface area contributed by atoms with E-state index in [1.54, 1.807) is 16.0 Å². The van der Waals surface area contributed by atoms with Gasteiger partial charge in [0.15, 0.2) is 5.13 Å². The minimum Gasteiger partial charge on any atom is -0.445 e. The van der Waals surface area contributed by atoms with E-state index >= 15 is 0 Å². The van der Waals surface area contributed by atoms with E-state index in [1.807, 2.05) is 42.6 Å². The Labute approximate surface area is 150 Å². The molecule has 0 N–H and O–H groups in total. The Morgan fingerprint density at radius 3 is 2.88 bits per heavy atom. The number of nitrogens with zero attached hydrogens (tertiary/aromatic N) is 3. The van der Waals surface area contributed by atoms with Gasteiger partial charge in [-0.2, -0.15) is 0 Å². The van der Waals surface area contributed by atoms with E-state index < -0.39 is 0 Å². The van der Waals surface area contributed by atoms with Gasteiger partial charge >= 0.3 is 6.09 Å². The van der Waals surface area contributed by atoms with Crippen LogP contribution in [0.3, 0.4) is 0 Å². The fraction of sp³-hybridized carbons (Fsp3) is 0.389. The molecule has 4 rings (SSSR count). The molecule has 1 aromatic carbocycles. The van der Waals surface area contributed by atoms with E-state index in [9.17, 15) is 9.59 Å². The van der Waals surface area contributed by atoms with Gasteiger partial charge in [0.1, 0.15) is 6.61 Å². The molecule has 2 saturated heterocycles. The van der Waals surface area contributed by atoms with Gasteiger partial charge in [0, 0.05) is 18.1 Å². The van der Waals surface area contributed by atoms with Gasteiger partial charge in [-0.05, 0) is 12.0 Å². The first-order valence-corrected chi connectivity index (χ1v) is 9.24. The van der Waals surface area contributed by atoms with Gasteiger partial charge in [-0.1, -0.05) is 37.3 Å². The number of hydrogen-bond acceptors (Lipinski definition) is 5. The number of anilines is 1. The maximum Gasteiger partial charge on any atom is 0.410 e. The lowest BCUT2D eigenvalue weighted by Gasteiger charge is -2.25. The summed E-state index contributed by atoms with van der Waals surface area (Å²) in [6.45, 7) is 2.73. The van der Waals surface area contributed by atoms with Crippen LogP contribution in [0.25, 0.3) is 0 Å². The smallest absolute Gasteiger partial charge is 0.410 e. The number of carbonyl (C=O) groups excluding carboxylic acids is 2. The molecule has 0 spiro atoms. The largest absolute Gasteiger partial charge is 0.445 e. The highest BCUT2D eigenvalue weighted by Crippen LogP contribution is 2.40. The molecule has 2 aliphatic heterocycles. The molecule has 3 atom stereocenters. The zero-order chi connectivity index (χ0) is 17.4. The molecule has 7 heteroatoms. The molecule has 0 unspecified atom stereocenters. The molecule has 0 aliphatic carbocycles. The third kappa shape index (κ3) is 2.78. The van der Waals surface area contributed by atoms with Gasteiger partial charge in [-0.15, -0.1) is 11.3 Å². The van der Waals surface area contributed by atoms with Crippen LogP contribution in [0.1, 0.15) is 18.9 Å². The molecule has 0 radical (unpaired) electrons. The molecule has 25 heavy (non-hydrogen) atoms. The Kier molecular flexibility index (Phi) is 4.17. The number of carbonyl (C=O) groups is 2. The summed E-state index contributed by atoms with van der Waals surface area (Å²) in [4.78, 5) is 33.0. The van der Waals surface area contributed by atoms with Crippen LogP contribution < -0.4 is 4.90 Å². The van der Waals surface area contributed by atoms with Crippen LogP contribution in [-0.2, 0) is 16.1 Å². The SMILES string of the molecule is C[C@@H]1C(=O)N(c2nccs2)[C@H]2CCN(C(=O)OCc3ccccc3)[C@H]12. The van der Waals surface area contributed by atoms with Crippen LogP contribution in [0.2, 0.25) is 0 Å². The molecular weight excluding hydrogens is 338 g/mol. The molecular formula is C18H19N3O3S. The van der Waals surface area contributed by atoms with E-state index in [0.29, 0.717) is 11.7 Å². The van der Waals surface area contributed by atoms with Crippen LogP contribution in [0, 0.1) is 5.92 Å². The average Bonchev–Trinajstić information content (AvgIpc) is 3.34. The van der Waals surface area contributed by atoms with Gasteiger partial charge in [-0.25, -0.2) is 9.78 Å². The van der Waals surface area contributed by atoms with Gasteiger partial charge in [0.2, 0.25) is 5.91 Å². The van der Waals surface area contributed by atoms with Crippen molar-refractivity contribution in [3.63, 3.8) is 0 Å². The Balaban J connectivity index is 1.48. The summed E-state index contributed by atoms with van der Waals surface area (Å²) < 4.78 is 5.47. The van der Waals surface area contributed by atoms with Crippen molar-refractivity contribution in [1.29, 1.82) is 0 Å². The van der Waals surface area contributed by atoms with Crippen LogP contribution in [0.5, 0.6) is 0 Å². The van der Waals surface area contributed by atoms with E-state index in [0.717, 1.165) is 12.0 Å². The van der Waals surface area contributed by atoms with Crippen molar-refractivity contribution in [3.8, 4) is 0 Å². The van der Waals surface area contributed by atoms with Crippen molar-refractivity contribution >= 4 is 28.5 Å². The predicted molar refractivity (Wildman–Crippen MR) is 94.3 cm³/mol. The molecule has 0 bridgehead atoms. The second kappa shape index (κ2) is 6.48. The number of thiazole rings is 1. The van der Waals surface area contributed by atoms with Crippen molar-refractivity contribution < 1.29 is 14.3 Å². The zero-order valence-corrected chi connectivity index (χ0v) is 14.7. The Morgan fingerprint density at radius 2 is 2.16 bits per heavy atom. The summed E-state index contributed by atoms with van der Waals surface area (Å²) in [6, 6.07) is 9.43. The molecule has 130 valence electrons. The molecule has 2 aromatic rings. The van der Waals surface area contributed by atoms with Crippen LogP contribution in [0.4, 0.5) is 9.93 Å². The maximum atomic E-state index is 12.7. The first-order chi connectivity index (χ1) is 12.2. The second-order valence-corrected chi connectivity index (χ2v) is 7.26. The van der Waals surface area contributed by atoms with Crippen molar-refractivity contribution in [2.75, 3.05) is 11.4 Å². The summed E-state index contributed by atoms with van der Waals surface area (Å²) >= 11 is 1.45.